The standard InChI is InChI=1S/C24H16ClN5O3/c25-16-4-3-5-17(12-16)27-21(31)14-30-20-7-2-1-6-18(20)19(13-22(30)32)24-28-23(29-33-24)15-8-10-26-11-9-15/h1-13H,14H2,(H,27,31). The number of carbonyl (C=O) groups excluding carboxylic acids is 1. The molecule has 5 rings (SSSR count). The van der Waals surface area contributed by atoms with Gasteiger partial charge in [0.25, 0.3) is 11.4 Å². The number of pyridine rings is 2. The lowest BCUT2D eigenvalue weighted by Gasteiger charge is -2.12. The van der Waals surface area contributed by atoms with Crippen molar-refractivity contribution in [3.63, 3.8) is 0 Å². The number of nitrogens with zero attached hydrogens (tertiary/aromatic N) is 4. The van der Waals surface area contributed by atoms with Gasteiger partial charge in [0.2, 0.25) is 11.7 Å². The fourth-order valence-corrected chi connectivity index (χ4v) is 3.73. The van der Waals surface area contributed by atoms with Crippen LogP contribution in [0.1, 0.15) is 0 Å². The highest BCUT2D eigenvalue weighted by molar-refractivity contribution is 6.30. The van der Waals surface area contributed by atoms with Gasteiger partial charge >= 0.3 is 0 Å². The third-order valence-corrected chi connectivity index (χ3v) is 5.26. The first-order valence-corrected chi connectivity index (χ1v) is 10.4. The Hall–Kier alpha value is -4.30. The van der Waals surface area contributed by atoms with E-state index in [0.717, 1.165) is 5.56 Å². The van der Waals surface area contributed by atoms with E-state index in [2.05, 4.69) is 20.4 Å². The maximum atomic E-state index is 13.0. The molecule has 1 amide bonds. The Bertz CT molecular complexity index is 1530. The van der Waals surface area contributed by atoms with E-state index in [1.165, 1.54) is 10.6 Å². The minimum absolute atomic E-state index is 0.168. The van der Waals surface area contributed by atoms with E-state index in [1.54, 1.807) is 60.9 Å². The van der Waals surface area contributed by atoms with Gasteiger partial charge in [0.1, 0.15) is 6.54 Å². The minimum atomic E-state index is -0.367. The SMILES string of the molecule is O=C(Cn1c(=O)cc(-c2nc(-c3ccncc3)no2)c2ccccc21)Nc1cccc(Cl)c1. The number of rotatable bonds is 5. The van der Waals surface area contributed by atoms with Crippen LogP contribution >= 0.6 is 11.6 Å². The number of nitrogens with one attached hydrogen (secondary N) is 1. The maximum absolute atomic E-state index is 13.0. The van der Waals surface area contributed by atoms with Crippen LogP contribution in [0.25, 0.3) is 33.7 Å². The normalized spacial score (nSPS) is 10.9. The van der Waals surface area contributed by atoms with Crippen molar-refractivity contribution in [3.8, 4) is 22.8 Å². The number of carbonyl (C=O) groups is 1. The molecule has 33 heavy (non-hydrogen) atoms. The molecule has 162 valence electrons. The van der Waals surface area contributed by atoms with E-state index < -0.39 is 0 Å². The first-order chi connectivity index (χ1) is 16.1. The zero-order chi connectivity index (χ0) is 22.8. The van der Waals surface area contributed by atoms with Crippen LogP contribution in [-0.2, 0) is 11.3 Å². The Kier molecular flexibility index (Phi) is 5.42. The average Bonchev–Trinajstić information content (AvgIpc) is 3.31. The second-order valence-corrected chi connectivity index (χ2v) is 7.65. The summed E-state index contributed by atoms with van der Waals surface area (Å²) in [4.78, 5) is 34.1. The molecule has 0 saturated carbocycles. The van der Waals surface area contributed by atoms with Crippen molar-refractivity contribution in [2.75, 3.05) is 5.32 Å². The summed E-state index contributed by atoms with van der Waals surface area (Å²) in [7, 11) is 0. The van der Waals surface area contributed by atoms with Crippen molar-refractivity contribution in [3.05, 3.63) is 94.5 Å². The monoisotopic (exact) mass is 457 g/mol. The Morgan fingerprint density at radius 3 is 2.67 bits per heavy atom. The summed E-state index contributed by atoms with van der Waals surface area (Å²) < 4.78 is 6.86. The Morgan fingerprint density at radius 1 is 1.03 bits per heavy atom. The fraction of sp³-hybridized carbons (Fsp3) is 0.0417. The summed E-state index contributed by atoms with van der Waals surface area (Å²) in [6, 6.07) is 19.0. The second kappa shape index (κ2) is 8.68. The number of para-hydroxylation sites is 1. The van der Waals surface area contributed by atoms with Crippen molar-refractivity contribution in [2.24, 2.45) is 0 Å². The third-order valence-electron chi connectivity index (χ3n) is 5.02. The highest BCUT2D eigenvalue weighted by atomic mass is 35.5. The predicted octanol–water partition coefficient (Wildman–Crippen LogP) is 4.41. The van der Waals surface area contributed by atoms with E-state index in [9.17, 15) is 9.59 Å². The van der Waals surface area contributed by atoms with Crippen LogP contribution in [0.4, 0.5) is 5.69 Å². The summed E-state index contributed by atoms with van der Waals surface area (Å²) in [6.45, 7) is -0.168. The lowest BCUT2D eigenvalue weighted by atomic mass is 10.1. The van der Waals surface area contributed by atoms with Crippen LogP contribution in [0.2, 0.25) is 5.02 Å². The van der Waals surface area contributed by atoms with Crippen molar-refractivity contribution in [2.45, 2.75) is 6.54 Å². The predicted molar refractivity (Wildman–Crippen MR) is 125 cm³/mol. The molecular weight excluding hydrogens is 442 g/mol. The summed E-state index contributed by atoms with van der Waals surface area (Å²) >= 11 is 5.98. The van der Waals surface area contributed by atoms with Crippen molar-refractivity contribution in [1.29, 1.82) is 0 Å². The van der Waals surface area contributed by atoms with Crippen LogP contribution in [0.15, 0.2) is 88.4 Å². The lowest BCUT2D eigenvalue weighted by molar-refractivity contribution is -0.116. The molecule has 0 bridgehead atoms. The van der Waals surface area contributed by atoms with E-state index in [4.69, 9.17) is 16.1 Å². The Labute approximate surface area is 192 Å². The molecule has 8 nitrogen and oxygen atoms in total. The molecule has 3 aromatic heterocycles. The zero-order valence-electron chi connectivity index (χ0n) is 17.1. The average molecular weight is 458 g/mol. The Morgan fingerprint density at radius 2 is 1.85 bits per heavy atom. The number of anilines is 1. The molecule has 0 unspecified atom stereocenters. The van der Waals surface area contributed by atoms with Gasteiger partial charge in [-0.1, -0.05) is 41.0 Å². The maximum Gasteiger partial charge on any atom is 0.259 e. The second-order valence-electron chi connectivity index (χ2n) is 7.22. The van der Waals surface area contributed by atoms with Crippen LogP contribution in [0.5, 0.6) is 0 Å². The minimum Gasteiger partial charge on any atom is -0.334 e. The highest BCUT2D eigenvalue weighted by Crippen LogP contribution is 2.28. The summed E-state index contributed by atoms with van der Waals surface area (Å²) in [6.07, 6.45) is 3.27. The number of benzene rings is 2. The molecule has 0 radical (unpaired) electrons. The summed E-state index contributed by atoms with van der Waals surface area (Å²) in [5.74, 6) is 0.252. The molecule has 0 saturated heterocycles. The van der Waals surface area contributed by atoms with Gasteiger partial charge in [-0.05, 0) is 36.4 Å². The first-order valence-electron chi connectivity index (χ1n) is 10.0. The molecule has 5 aromatic rings. The molecule has 0 fully saturated rings. The van der Waals surface area contributed by atoms with E-state index in [0.29, 0.717) is 33.0 Å². The van der Waals surface area contributed by atoms with Gasteiger partial charge in [-0.25, -0.2) is 0 Å². The summed E-state index contributed by atoms with van der Waals surface area (Å²) in [5.41, 5.74) is 2.00. The van der Waals surface area contributed by atoms with Gasteiger partial charge in [-0.15, -0.1) is 0 Å². The molecule has 0 aliphatic carbocycles. The lowest BCUT2D eigenvalue weighted by Crippen LogP contribution is -2.27. The molecule has 1 N–H and O–H groups in total. The zero-order valence-corrected chi connectivity index (χ0v) is 17.9. The number of aromatic nitrogens is 4. The molecule has 0 aliphatic rings. The number of fused-ring (bicyclic) bond motifs is 1. The number of hydrogen-bond acceptors (Lipinski definition) is 6. The van der Waals surface area contributed by atoms with Crippen LogP contribution in [0.3, 0.4) is 0 Å². The van der Waals surface area contributed by atoms with Gasteiger partial charge in [0, 0.05) is 40.1 Å². The molecule has 9 heteroatoms. The van der Waals surface area contributed by atoms with Gasteiger partial charge in [0.05, 0.1) is 11.1 Å². The largest absolute Gasteiger partial charge is 0.334 e. The van der Waals surface area contributed by atoms with Crippen molar-refractivity contribution >= 4 is 34.1 Å². The fourth-order valence-electron chi connectivity index (χ4n) is 3.54. The topological polar surface area (TPSA) is 103 Å². The third kappa shape index (κ3) is 4.24. The van der Waals surface area contributed by atoms with Crippen LogP contribution in [-0.4, -0.2) is 25.6 Å². The van der Waals surface area contributed by atoms with Crippen molar-refractivity contribution in [1.82, 2.24) is 19.7 Å². The quantitative estimate of drug-likeness (QED) is 0.419. The van der Waals surface area contributed by atoms with E-state index in [-0.39, 0.29) is 23.9 Å². The molecule has 0 aliphatic heterocycles. The highest BCUT2D eigenvalue weighted by Gasteiger charge is 2.18. The first kappa shape index (κ1) is 20.6. The van der Waals surface area contributed by atoms with E-state index in [1.807, 2.05) is 12.1 Å². The van der Waals surface area contributed by atoms with Gasteiger partial charge in [-0.2, -0.15) is 4.98 Å². The van der Waals surface area contributed by atoms with E-state index >= 15 is 0 Å². The smallest absolute Gasteiger partial charge is 0.259 e. The summed E-state index contributed by atoms with van der Waals surface area (Å²) in [5, 5.41) is 8.00. The number of amides is 1. The van der Waals surface area contributed by atoms with Gasteiger partial charge in [0.15, 0.2) is 0 Å². The molecule has 0 atom stereocenters. The molecule has 0 spiro atoms. The number of halogens is 1. The van der Waals surface area contributed by atoms with Gasteiger partial charge < -0.3 is 9.84 Å². The molecule has 3 heterocycles. The molecular formula is C24H16ClN5O3. The van der Waals surface area contributed by atoms with Crippen molar-refractivity contribution < 1.29 is 9.32 Å². The van der Waals surface area contributed by atoms with Gasteiger partial charge in [-0.3, -0.25) is 19.1 Å². The Balaban J connectivity index is 1.51. The molecule has 2 aromatic carbocycles. The number of hydrogen-bond donors (Lipinski definition) is 1. The van der Waals surface area contributed by atoms with Crippen LogP contribution < -0.4 is 10.9 Å². The van der Waals surface area contributed by atoms with Crippen LogP contribution in [0, 0.1) is 0 Å².